The van der Waals surface area contributed by atoms with Crippen molar-refractivity contribution in [1.29, 1.82) is 0 Å². The largest absolute Gasteiger partial charge is 0.379 e. The van der Waals surface area contributed by atoms with E-state index in [4.69, 9.17) is 23.2 Å². The monoisotopic (exact) mass is 283 g/mol. The highest BCUT2D eigenvalue weighted by Crippen LogP contribution is 2.22. The van der Waals surface area contributed by atoms with Crippen LogP contribution < -0.4 is 5.32 Å². The molecular weight excluding hydrogens is 269 g/mol. The molecule has 0 aliphatic heterocycles. The van der Waals surface area contributed by atoms with Crippen molar-refractivity contribution in [2.75, 3.05) is 5.32 Å². The minimum absolute atomic E-state index is 0.632. The summed E-state index contributed by atoms with van der Waals surface area (Å²) in [6, 6.07) is 7.44. The van der Waals surface area contributed by atoms with Crippen LogP contribution in [-0.2, 0) is 13.1 Å². The number of anilines is 1. The van der Waals surface area contributed by atoms with Gasteiger partial charge in [0.25, 0.3) is 0 Å². The molecule has 0 unspecified atom stereocenters. The molecule has 0 saturated carbocycles. The van der Waals surface area contributed by atoms with Gasteiger partial charge in [-0.05, 0) is 30.7 Å². The minimum Gasteiger partial charge on any atom is -0.379 e. The Kier molecular flexibility index (Phi) is 4.50. The van der Waals surface area contributed by atoms with Gasteiger partial charge < -0.3 is 5.32 Å². The third-order valence-corrected chi connectivity index (χ3v) is 3.01. The van der Waals surface area contributed by atoms with Crippen LogP contribution in [-0.4, -0.2) is 9.78 Å². The molecule has 0 spiro atoms. The van der Waals surface area contributed by atoms with Crippen molar-refractivity contribution in [3.63, 3.8) is 0 Å². The second kappa shape index (κ2) is 6.12. The molecule has 0 radical (unpaired) electrons. The van der Waals surface area contributed by atoms with Crippen molar-refractivity contribution in [3.05, 3.63) is 46.2 Å². The van der Waals surface area contributed by atoms with E-state index in [0.29, 0.717) is 16.6 Å². The van der Waals surface area contributed by atoms with E-state index in [-0.39, 0.29) is 0 Å². The standard InChI is InChI=1S/C13H15Cl2N3/c1-2-5-18-13(3-4-17-18)9-16-12-7-10(14)6-11(15)8-12/h3-4,6-8,16H,2,5,9H2,1H3. The lowest BCUT2D eigenvalue weighted by molar-refractivity contribution is 0.578. The molecule has 1 aromatic heterocycles. The van der Waals surface area contributed by atoms with Crippen LogP contribution in [0.15, 0.2) is 30.5 Å². The highest BCUT2D eigenvalue weighted by Gasteiger charge is 2.02. The van der Waals surface area contributed by atoms with Gasteiger partial charge in [-0.2, -0.15) is 5.10 Å². The predicted octanol–water partition coefficient (Wildman–Crippen LogP) is 4.21. The average Bonchev–Trinajstić information content (AvgIpc) is 2.73. The van der Waals surface area contributed by atoms with Gasteiger partial charge in [-0.15, -0.1) is 0 Å². The van der Waals surface area contributed by atoms with Crippen molar-refractivity contribution < 1.29 is 0 Å². The van der Waals surface area contributed by atoms with Crippen molar-refractivity contribution in [2.24, 2.45) is 0 Å². The van der Waals surface area contributed by atoms with Crippen LogP contribution in [0.4, 0.5) is 5.69 Å². The molecule has 18 heavy (non-hydrogen) atoms. The van der Waals surface area contributed by atoms with E-state index in [9.17, 15) is 0 Å². The average molecular weight is 284 g/mol. The number of aromatic nitrogens is 2. The first-order valence-electron chi connectivity index (χ1n) is 5.89. The summed E-state index contributed by atoms with van der Waals surface area (Å²) in [5.41, 5.74) is 2.06. The van der Waals surface area contributed by atoms with E-state index in [1.165, 1.54) is 0 Å². The van der Waals surface area contributed by atoms with Crippen molar-refractivity contribution >= 4 is 28.9 Å². The van der Waals surface area contributed by atoms with Crippen molar-refractivity contribution in [2.45, 2.75) is 26.4 Å². The van der Waals surface area contributed by atoms with Crippen LogP contribution >= 0.6 is 23.2 Å². The van der Waals surface area contributed by atoms with E-state index >= 15 is 0 Å². The molecule has 0 bridgehead atoms. The first-order chi connectivity index (χ1) is 8.69. The van der Waals surface area contributed by atoms with E-state index < -0.39 is 0 Å². The van der Waals surface area contributed by atoms with Crippen LogP contribution in [0.25, 0.3) is 0 Å². The summed E-state index contributed by atoms with van der Waals surface area (Å²) >= 11 is 11.9. The SMILES string of the molecule is CCCn1nccc1CNc1cc(Cl)cc(Cl)c1. The molecule has 1 aromatic carbocycles. The highest BCUT2D eigenvalue weighted by atomic mass is 35.5. The Morgan fingerprint density at radius 2 is 1.94 bits per heavy atom. The smallest absolute Gasteiger partial charge is 0.0575 e. The predicted molar refractivity (Wildman–Crippen MR) is 76.3 cm³/mol. The summed E-state index contributed by atoms with van der Waals surface area (Å²) < 4.78 is 2.00. The molecule has 0 atom stereocenters. The quantitative estimate of drug-likeness (QED) is 0.891. The van der Waals surface area contributed by atoms with Gasteiger partial charge in [-0.3, -0.25) is 4.68 Å². The number of nitrogens with zero attached hydrogens (tertiary/aromatic N) is 2. The molecule has 96 valence electrons. The summed E-state index contributed by atoms with van der Waals surface area (Å²) in [4.78, 5) is 0. The maximum atomic E-state index is 5.95. The molecule has 0 aliphatic carbocycles. The second-order valence-corrected chi connectivity index (χ2v) is 4.93. The van der Waals surface area contributed by atoms with Crippen LogP contribution in [0.2, 0.25) is 10.0 Å². The number of nitrogens with one attached hydrogen (secondary N) is 1. The maximum Gasteiger partial charge on any atom is 0.0575 e. The highest BCUT2D eigenvalue weighted by molar-refractivity contribution is 6.35. The van der Waals surface area contributed by atoms with Gasteiger partial charge in [-0.1, -0.05) is 30.1 Å². The van der Waals surface area contributed by atoms with Crippen LogP contribution in [0.3, 0.4) is 0 Å². The van der Waals surface area contributed by atoms with Crippen molar-refractivity contribution in [3.8, 4) is 0 Å². The lowest BCUT2D eigenvalue weighted by Gasteiger charge is -2.09. The van der Waals surface area contributed by atoms with Crippen LogP contribution in [0.5, 0.6) is 0 Å². The van der Waals surface area contributed by atoms with Gasteiger partial charge >= 0.3 is 0 Å². The van der Waals surface area contributed by atoms with Crippen LogP contribution in [0.1, 0.15) is 19.0 Å². The summed E-state index contributed by atoms with van der Waals surface area (Å²) in [5, 5.41) is 8.84. The molecule has 0 fully saturated rings. The molecule has 5 heteroatoms. The Bertz CT molecular complexity index is 502. The fourth-order valence-corrected chi connectivity index (χ4v) is 2.30. The van der Waals surface area contributed by atoms with E-state index in [1.807, 2.05) is 29.1 Å². The Hall–Kier alpha value is -1.19. The Morgan fingerprint density at radius 1 is 1.22 bits per heavy atom. The fourth-order valence-electron chi connectivity index (χ4n) is 1.77. The third kappa shape index (κ3) is 3.40. The Labute approximate surface area is 117 Å². The zero-order valence-corrected chi connectivity index (χ0v) is 11.7. The zero-order valence-electron chi connectivity index (χ0n) is 10.2. The summed E-state index contributed by atoms with van der Waals surface area (Å²) in [7, 11) is 0. The molecule has 1 N–H and O–H groups in total. The first kappa shape index (κ1) is 13.2. The Balaban J connectivity index is 2.04. The molecule has 3 nitrogen and oxygen atoms in total. The fraction of sp³-hybridized carbons (Fsp3) is 0.308. The van der Waals surface area contributed by atoms with E-state index in [1.54, 1.807) is 6.07 Å². The van der Waals surface area contributed by atoms with Gasteiger partial charge in [0.15, 0.2) is 0 Å². The molecular formula is C13H15Cl2N3. The molecule has 0 amide bonds. The number of rotatable bonds is 5. The topological polar surface area (TPSA) is 29.9 Å². The first-order valence-corrected chi connectivity index (χ1v) is 6.65. The Morgan fingerprint density at radius 3 is 2.61 bits per heavy atom. The number of hydrogen-bond donors (Lipinski definition) is 1. The van der Waals surface area contributed by atoms with E-state index in [2.05, 4.69) is 17.3 Å². The molecule has 1 heterocycles. The summed E-state index contributed by atoms with van der Waals surface area (Å²) in [5.74, 6) is 0. The molecule has 2 rings (SSSR count). The lowest BCUT2D eigenvalue weighted by atomic mass is 10.3. The van der Waals surface area contributed by atoms with Gasteiger partial charge in [0.2, 0.25) is 0 Å². The number of halogens is 2. The third-order valence-electron chi connectivity index (χ3n) is 2.58. The van der Waals surface area contributed by atoms with Crippen molar-refractivity contribution in [1.82, 2.24) is 9.78 Å². The normalized spacial score (nSPS) is 10.6. The summed E-state index contributed by atoms with van der Waals surface area (Å²) in [6.45, 7) is 3.77. The van der Waals surface area contributed by atoms with Gasteiger partial charge in [0.05, 0.1) is 12.2 Å². The minimum atomic E-state index is 0.632. The number of aryl methyl sites for hydroxylation is 1. The number of hydrogen-bond acceptors (Lipinski definition) is 2. The van der Waals surface area contributed by atoms with Gasteiger partial charge in [-0.25, -0.2) is 0 Å². The van der Waals surface area contributed by atoms with E-state index in [0.717, 1.165) is 24.3 Å². The van der Waals surface area contributed by atoms with Gasteiger partial charge in [0, 0.05) is 28.5 Å². The van der Waals surface area contributed by atoms with Crippen LogP contribution in [0, 0.1) is 0 Å². The lowest BCUT2D eigenvalue weighted by Crippen LogP contribution is -2.08. The van der Waals surface area contributed by atoms with Gasteiger partial charge in [0.1, 0.15) is 0 Å². The summed E-state index contributed by atoms with van der Waals surface area (Å²) in [6.07, 6.45) is 2.88. The molecule has 2 aromatic rings. The number of benzene rings is 1. The second-order valence-electron chi connectivity index (χ2n) is 4.06. The molecule has 0 aliphatic rings. The maximum absolute atomic E-state index is 5.95. The molecule has 0 saturated heterocycles. The zero-order chi connectivity index (χ0) is 13.0.